The van der Waals surface area contributed by atoms with Crippen molar-refractivity contribution in [1.29, 1.82) is 0 Å². The average Bonchev–Trinajstić information content (AvgIpc) is 2.52. The predicted molar refractivity (Wildman–Crippen MR) is 44.1 cm³/mol. The number of hydrogen-bond acceptors (Lipinski definition) is 2. The molecule has 60 valence electrons. The maximum atomic E-state index is 8.81. The molecule has 0 spiro atoms. The van der Waals surface area contributed by atoms with E-state index in [1.165, 1.54) is 0 Å². The molecule has 1 rings (SSSR count). The second-order valence-electron chi connectivity index (χ2n) is 2.33. The average molecular weight is 152 g/mol. The minimum absolute atomic E-state index is 0.108. The second kappa shape index (κ2) is 3.98. The smallest absolute Gasteiger partial charge is 0.126 e. The standard InChI is InChI=1S/C9H12O2/c1-2-8(7-10)6-9-4-3-5-11-9/h3-6,10H,2,7H2,1H3. The van der Waals surface area contributed by atoms with E-state index in [9.17, 15) is 0 Å². The van der Waals surface area contributed by atoms with Crippen molar-refractivity contribution in [3.05, 3.63) is 29.7 Å². The quantitative estimate of drug-likeness (QED) is 0.719. The fourth-order valence-electron chi connectivity index (χ4n) is 0.834. The summed E-state index contributed by atoms with van der Waals surface area (Å²) in [7, 11) is 0. The second-order valence-corrected chi connectivity index (χ2v) is 2.33. The van der Waals surface area contributed by atoms with Gasteiger partial charge in [0, 0.05) is 0 Å². The van der Waals surface area contributed by atoms with Gasteiger partial charge in [-0.15, -0.1) is 0 Å². The van der Waals surface area contributed by atoms with Gasteiger partial charge >= 0.3 is 0 Å². The van der Waals surface area contributed by atoms with Crippen LogP contribution in [-0.2, 0) is 0 Å². The van der Waals surface area contributed by atoms with Crippen LogP contribution in [-0.4, -0.2) is 11.7 Å². The topological polar surface area (TPSA) is 33.4 Å². The van der Waals surface area contributed by atoms with Crippen LogP contribution in [0.5, 0.6) is 0 Å². The highest BCUT2D eigenvalue weighted by Crippen LogP contribution is 2.08. The molecule has 0 aromatic carbocycles. The van der Waals surface area contributed by atoms with E-state index in [0.717, 1.165) is 17.8 Å². The SMILES string of the molecule is CCC(=Cc1ccco1)CO. The van der Waals surface area contributed by atoms with Crippen molar-refractivity contribution in [3.8, 4) is 0 Å². The van der Waals surface area contributed by atoms with E-state index in [0.29, 0.717) is 0 Å². The number of furan rings is 1. The molecule has 1 aromatic rings. The van der Waals surface area contributed by atoms with Crippen LogP contribution in [0.15, 0.2) is 28.4 Å². The molecule has 0 radical (unpaired) electrons. The third-order valence-corrected chi connectivity index (χ3v) is 1.55. The first-order valence-electron chi connectivity index (χ1n) is 3.70. The van der Waals surface area contributed by atoms with E-state index in [1.54, 1.807) is 6.26 Å². The summed E-state index contributed by atoms with van der Waals surface area (Å²) in [5.74, 6) is 0.802. The van der Waals surface area contributed by atoms with Crippen LogP contribution in [0, 0.1) is 0 Å². The molecule has 0 aliphatic rings. The van der Waals surface area contributed by atoms with Gasteiger partial charge in [-0.3, -0.25) is 0 Å². The fraction of sp³-hybridized carbons (Fsp3) is 0.333. The lowest BCUT2D eigenvalue weighted by Gasteiger charge is -1.95. The minimum atomic E-state index is 0.108. The first-order valence-corrected chi connectivity index (χ1v) is 3.70. The Labute approximate surface area is 66.2 Å². The van der Waals surface area contributed by atoms with E-state index < -0.39 is 0 Å². The van der Waals surface area contributed by atoms with Crippen LogP contribution in [0.4, 0.5) is 0 Å². The molecule has 1 heterocycles. The van der Waals surface area contributed by atoms with E-state index in [2.05, 4.69) is 0 Å². The molecular formula is C9H12O2. The van der Waals surface area contributed by atoms with Crippen LogP contribution in [0.3, 0.4) is 0 Å². The molecule has 1 aromatic heterocycles. The molecule has 0 unspecified atom stereocenters. The lowest BCUT2D eigenvalue weighted by molar-refractivity contribution is 0.328. The molecule has 0 bridgehead atoms. The van der Waals surface area contributed by atoms with Crippen LogP contribution in [0.2, 0.25) is 0 Å². The molecule has 0 saturated carbocycles. The van der Waals surface area contributed by atoms with E-state index in [-0.39, 0.29) is 6.61 Å². The predicted octanol–water partition coefficient (Wildman–Crippen LogP) is 2.07. The zero-order chi connectivity index (χ0) is 8.10. The van der Waals surface area contributed by atoms with Crippen molar-refractivity contribution >= 4 is 6.08 Å². The molecule has 1 N–H and O–H groups in total. The molecule has 0 fully saturated rings. The number of rotatable bonds is 3. The van der Waals surface area contributed by atoms with Crippen molar-refractivity contribution in [2.24, 2.45) is 0 Å². The number of aliphatic hydroxyl groups excluding tert-OH is 1. The molecule has 0 atom stereocenters. The van der Waals surface area contributed by atoms with Crippen molar-refractivity contribution in [3.63, 3.8) is 0 Å². The van der Waals surface area contributed by atoms with Crippen LogP contribution in [0.1, 0.15) is 19.1 Å². The summed E-state index contributed by atoms with van der Waals surface area (Å²) >= 11 is 0. The molecule has 0 amide bonds. The van der Waals surface area contributed by atoms with Gasteiger partial charge < -0.3 is 9.52 Å². The molecule has 0 saturated heterocycles. The summed E-state index contributed by atoms with van der Waals surface area (Å²) in [6.07, 6.45) is 4.34. The summed E-state index contributed by atoms with van der Waals surface area (Å²) in [5, 5.41) is 8.81. The van der Waals surface area contributed by atoms with Gasteiger partial charge in [0.2, 0.25) is 0 Å². The Morgan fingerprint density at radius 2 is 2.55 bits per heavy atom. The Hall–Kier alpha value is -1.02. The summed E-state index contributed by atoms with van der Waals surface area (Å²) in [4.78, 5) is 0. The van der Waals surface area contributed by atoms with E-state index in [1.807, 2.05) is 25.1 Å². The summed E-state index contributed by atoms with van der Waals surface area (Å²) in [5.41, 5.74) is 0.986. The van der Waals surface area contributed by atoms with Gasteiger partial charge in [0.1, 0.15) is 5.76 Å². The highest BCUT2D eigenvalue weighted by atomic mass is 16.3. The number of hydrogen-bond donors (Lipinski definition) is 1. The Kier molecular flexibility index (Phi) is 2.93. The fourth-order valence-corrected chi connectivity index (χ4v) is 0.834. The zero-order valence-electron chi connectivity index (χ0n) is 6.58. The van der Waals surface area contributed by atoms with Crippen molar-refractivity contribution in [2.45, 2.75) is 13.3 Å². The zero-order valence-corrected chi connectivity index (χ0v) is 6.58. The highest BCUT2D eigenvalue weighted by molar-refractivity contribution is 5.47. The Morgan fingerprint density at radius 1 is 1.73 bits per heavy atom. The molecule has 2 heteroatoms. The van der Waals surface area contributed by atoms with Crippen LogP contribution >= 0.6 is 0 Å². The van der Waals surface area contributed by atoms with Crippen LogP contribution in [0.25, 0.3) is 6.08 Å². The summed E-state index contributed by atoms with van der Waals surface area (Å²) in [6.45, 7) is 2.11. The van der Waals surface area contributed by atoms with E-state index >= 15 is 0 Å². The Balaban J connectivity index is 2.71. The van der Waals surface area contributed by atoms with Crippen LogP contribution < -0.4 is 0 Å². The first-order chi connectivity index (χ1) is 5.36. The van der Waals surface area contributed by atoms with Crippen molar-refractivity contribution in [1.82, 2.24) is 0 Å². The lowest BCUT2D eigenvalue weighted by atomic mass is 10.2. The summed E-state index contributed by atoms with van der Waals surface area (Å²) < 4.78 is 5.08. The van der Waals surface area contributed by atoms with Gasteiger partial charge in [-0.25, -0.2) is 0 Å². The maximum Gasteiger partial charge on any atom is 0.126 e. The molecule has 0 aliphatic heterocycles. The molecule has 0 aliphatic carbocycles. The third-order valence-electron chi connectivity index (χ3n) is 1.55. The maximum absolute atomic E-state index is 8.81. The normalized spacial score (nSPS) is 12.0. The first kappa shape index (κ1) is 8.08. The molecular weight excluding hydrogens is 140 g/mol. The van der Waals surface area contributed by atoms with Gasteiger partial charge in [0.15, 0.2) is 0 Å². The number of aliphatic hydroxyl groups is 1. The largest absolute Gasteiger partial charge is 0.465 e. The molecule has 2 nitrogen and oxygen atoms in total. The van der Waals surface area contributed by atoms with Gasteiger partial charge in [-0.1, -0.05) is 6.92 Å². The molecule has 11 heavy (non-hydrogen) atoms. The van der Waals surface area contributed by atoms with Crippen molar-refractivity contribution in [2.75, 3.05) is 6.61 Å². The summed E-state index contributed by atoms with van der Waals surface area (Å²) in [6, 6.07) is 3.70. The van der Waals surface area contributed by atoms with Gasteiger partial charge in [-0.2, -0.15) is 0 Å². The highest BCUT2D eigenvalue weighted by Gasteiger charge is 1.93. The van der Waals surface area contributed by atoms with Gasteiger partial charge in [-0.05, 0) is 30.2 Å². The lowest BCUT2D eigenvalue weighted by Crippen LogP contribution is -1.86. The van der Waals surface area contributed by atoms with Crippen molar-refractivity contribution < 1.29 is 9.52 Å². The third kappa shape index (κ3) is 2.24. The van der Waals surface area contributed by atoms with Gasteiger partial charge in [0.05, 0.1) is 12.9 Å². The van der Waals surface area contributed by atoms with Gasteiger partial charge in [0.25, 0.3) is 0 Å². The monoisotopic (exact) mass is 152 g/mol. The Bertz CT molecular complexity index is 216. The minimum Gasteiger partial charge on any atom is -0.465 e. The Morgan fingerprint density at radius 3 is 3.00 bits per heavy atom. The van der Waals surface area contributed by atoms with E-state index in [4.69, 9.17) is 9.52 Å².